The molecule has 3 heteroatoms. The second-order valence-corrected chi connectivity index (χ2v) is 6.68. The number of aryl methyl sites for hydroxylation is 1. The van der Waals surface area contributed by atoms with Crippen molar-refractivity contribution in [1.82, 2.24) is 5.32 Å². The average Bonchev–Trinajstić information content (AvgIpc) is 2.78. The largest absolute Gasteiger partial charge is 0.497 e. The molecule has 0 heterocycles. The van der Waals surface area contributed by atoms with Gasteiger partial charge in [-0.3, -0.25) is 0 Å². The number of methoxy groups -OCH3 is 1. The molecule has 0 radical (unpaired) electrons. The molecule has 2 aliphatic rings. The number of rotatable bonds is 4. The molecule has 0 saturated heterocycles. The summed E-state index contributed by atoms with van der Waals surface area (Å²) in [7, 11) is 1.72. The van der Waals surface area contributed by atoms with Gasteiger partial charge >= 0.3 is 0 Å². The third kappa shape index (κ3) is 3.41. The molecule has 2 aliphatic carbocycles. The van der Waals surface area contributed by atoms with Crippen molar-refractivity contribution in [3.05, 3.63) is 29.3 Å². The fourth-order valence-corrected chi connectivity index (χ4v) is 3.80. The number of ether oxygens (including phenoxy) is 1. The molecule has 0 bridgehead atoms. The van der Waals surface area contributed by atoms with Crippen LogP contribution in [0.4, 0.5) is 0 Å². The van der Waals surface area contributed by atoms with Crippen molar-refractivity contribution in [2.24, 2.45) is 0 Å². The Morgan fingerprint density at radius 1 is 1.24 bits per heavy atom. The van der Waals surface area contributed by atoms with Crippen molar-refractivity contribution in [3.8, 4) is 5.75 Å². The van der Waals surface area contributed by atoms with Gasteiger partial charge in [-0.15, -0.1) is 0 Å². The first-order valence-electron chi connectivity index (χ1n) is 8.33. The smallest absolute Gasteiger partial charge is 0.119 e. The highest BCUT2D eigenvalue weighted by Crippen LogP contribution is 2.35. The summed E-state index contributed by atoms with van der Waals surface area (Å²) in [6.45, 7) is 0.717. The Bertz CT molecular complexity index is 478. The maximum atomic E-state index is 10.8. The van der Waals surface area contributed by atoms with Gasteiger partial charge in [-0.2, -0.15) is 0 Å². The fourth-order valence-electron chi connectivity index (χ4n) is 3.80. The van der Waals surface area contributed by atoms with Gasteiger partial charge in [0.25, 0.3) is 0 Å². The van der Waals surface area contributed by atoms with Gasteiger partial charge in [-0.1, -0.05) is 31.7 Å². The monoisotopic (exact) mass is 289 g/mol. The van der Waals surface area contributed by atoms with Crippen molar-refractivity contribution in [2.75, 3.05) is 13.7 Å². The zero-order valence-electron chi connectivity index (χ0n) is 13.0. The third-order valence-electron chi connectivity index (χ3n) is 5.14. The number of hydrogen-bond acceptors (Lipinski definition) is 3. The minimum atomic E-state index is -0.502. The van der Waals surface area contributed by atoms with Crippen molar-refractivity contribution < 1.29 is 9.84 Å². The molecular formula is C18H27NO2. The second-order valence-electron chi connectivity index (χ2n) is 6.68. The highest BCUT2D eigenvalue weighted by atomic mass is 16.5. The van der Waals surface area contributed by atoms with E-state index in [9.17, 15) is 5.11 Å². The number of hydrogen-bond donors (Lipinski definition) is 2. The van der Waals surface area contributed by atoms with E-state index in [1.54, 1.807) is 7.11 Å². The molecule has 1 unspecified atom stereocenters. The summed E-state index contributed by atoms with van der Waals surface area (Å²) in [6, 6.07) is 6.73. The van der Waals surface area contributed by atoms with Crippen LogP contribution in [0.5, 0.6) is 5.75 Å². The quantitative estimate of drug-likeness (QED) is 0.835. The molecule has 21 heavy (non-hydrogen) atoms. The summed E-state index contributed by atoms with van der Waals surface area (Å²) in [4.78, 5) is 0. The predicted octanol–water partition coefficient (Wildman–Crippen LogP) is 3.36. The van der Waals surface area contributed by atoms with Gasteiger partial charge in [0.15, 0.2) is 0 Å². The number of fused-ring (bicyclic) bond motifs is 1. The SMILES string of the molecule is COc1ccc2c(c1)C(NCC1(O)CCCCCC1)CC2. The van der Waals surface area contributed by atoms with Gasteiger partial charge in [0.1, 0.15) is 5.75 Å². The van der Waals surface area contributed by atoms with Crippen LogP contribution < -0.4 is 10.1 Å². The normalized spacial score (nSPS) is 24.4. The van der Waals surface area contributed by atoms with Gasteiger partial charge in [0.05, 0.1) is 12.7 Å². The van der Waals surface area contributed by atoms with Crippen LogP contribution in [0.1, 0.15) is 62.1 Å². The van der Waals surface area contributed by atoms with E-state index in [4.69, 9.17) is 4.74 Å². The van der Waals surface area contributed by atoms with E-state index in [-0.39, 0.29) is 0 Å². The van der Waals surface area contributed by atoms with E-state index in [1.165, 1.54) is 24.0 Å². The summed E-state index contributed by atoms with van der Waals surface area (Å²) < 4.78 is 5.34. The summed E-state index contributed by atoms with van der Waals surface area (Å²) in [5.74, 6) is 0.927. The van der Waals surface area contributed by atoms with Gasteiger partial charge < -0.3 is 15.2 Å². The first-order valence-corrected chi connectivity index (χ1v) is 8.33. The minimum Gasteiger partial charge on any atom is -0.497 e. The van der Waals surface area contributed by atoms with Crippen LogP contribution in [0.15, 0.2) is 18.2 Å². The van der Waals surface area contributed by atoms with Gasteiger partial charge in [-0.05, 0) is 48.9 Å². The van der Waals surface area contributed by atoms with Gasteiger partial charge in [0, 0.05) is 12.6 Å². The third-order valence-corrected chi connectivity index (χ3v) is 5.14. The number of benzene rings is 1. The van der Waals surface area contributed by atoms with Crippen molar-refractivity contribution >= 4 is 0 Å². The molecule has 0 aromatic heterocycles. The molecule has 0 aliphatic heterocycles. The lowest BCUT2D eigenvalue weighted by molar-refractivity contribution is 0.0227. The van der Waals surface area contributed by atoms with E-state index < -0.39 is 5.60 Å². The number of nitrogens with one attached hydrogen (secondary N) is 1. The van der Waals surface area contributed by atoms with Crippen molar-refractivity contribution in [1.29, 1.82) is 0 Å². The Balaban J connectivity index is 1.65. The van der Waals surface area contributed by atoms with Crippen LogP contribution >= 0.6 is 0 Å². The first-order chi connectivity index (χ1) is 10.2. The molecule has 0 amide bonds. The molecule has 2 N–H and O–H groups in total. The Hall–Kier alpha value is -1.06. The van der Waals surface area contributed by atoms with Crippen LogP contribution in [0, 0.1) is 0 Å². The van der Waals surface area contributed by atoms with E-state index in [0.717, 1.165) is 44.3 Å². The lowest BCUT2D eigenvalue weighted by Crippen LogP contribution is -2.41. The zero-order valence-corrected chi connectivity index (χ0v) is 13.0. The molecule has 1 atom stereocenters. The molecule has 0 spiro atoms. The highest BCUT2D eigenvalue weighted by Gasteiger charge is 2.30. The predicted molar refractivity (Wildman–Crippen MR) is 84.7 cm³/mol. The average molecular weight is 289 g/mol. The molecule has 3 rings (SSSR count). The standard InChI is InChI=1S/C18H27NO2/c1-21-15-8-6-14-7-9-17(16(14)12-15)19-13-18(20)10-4-2-3-5-11-18/h6,8,12,17,19-20H,2-5,7,9-11,13H2,1H3. The van der Waals surface area contributed by atoms with E-state index >= 15 is 0 Å². The second kappa shape index (κ2) is 6.37. The Morgan fingerprint density at radius 2 is 2.00 bits per heavy atom. The van der Waals surface area contributed by atoms with E-state index in [2.05, 4.69) is 17.4 Å². The summed E-state index contributed by atoms with van der Waals surface area (Å²) in [6.07, 6.45) is 8.99. The van der Waals surface area contributed by atoms with Crippen LogP contribution in [-0.4, -0.2) is 24.4 Å². The van der Waals surface area contributed by atoms with Crippen LogP contribution in [0.3, 0.4) is 0 Å². The summed E-state index contributed by atoms with van der Waals surface area (Å²) in [5.41, 5.74) is 2.27. The molecule has 1 aromatic carbocycles. The molecular weight excluding hydrogens is 262 g/mol. The van der Waals surface area contributed by atoms with Crippen LogP contribution in [0.2, 0.25) is 0 Å². The summed E-state index contributed by atoms with van der Waals surface area (Å²) in [5, 5.41) is 14.4. The first kappa shape index (κ1) is 14.9. The lowest BCUT2D eigenvalue weighted by Gasteiger charge is -2.29. The molecule has 1 fully saturated rings. The van der Waals surface area contributed by atoms with Gasteiger partial charge in [-0.25, -0.2) is 0 Å². The highest BCUT2D eigenvalue weighted by molar-refractivity contribution is 5.40. The van der Waals surface area contributed by atoms with Crippen LogP contribution in [0.25, 0.3) is 0 Å². The fraction of sp³-hybridized carbons (Fsp3) is 0.667. The van der Waals surface area contributed by atoms with Crippen molar-refractivity contribution in [3.63, 3.8) is 0 Å². The maximum Gasteiger partial charge on any atom is 0.119 e. The van der Waals surface area contributed by atoms with Crippen molar-refractivity contribution in [2.45, 2.75) is 63.0 Å². The molecule has 1 aromatic rings. The molecule has 116 valence electrons. The molecule has 1 saturated carbocycles. The summed E-state index contributed by atoms with van der Waals surface area (Å²) >= 11 is 0. The minimum absolute atomic E-state index is 0.363. The molecule has 3 nitrogen and oxygen atoms in total. The number of aliphatic hydroxyl groups is 1. The van der Waals surface area contributed by atoms with Gasteiger partial charge in [0.2, 0.25) is 0 Å². The Morgan fingerprint density at radius 3 is 2.71 bits per heavy atom. The Kier molecular flexibility index (Phi) is 4.51. The van der Waals surface area contributed by atoms with E-state index in [1.807, 2.05) is 6.07 Å². The topological polar surface area (TPSA) is 41.5 Å². The van der Waals surface area contributed by atoms with E-state index in [0.29, 0.717) is 12.6 Å². The lowest BCUT2D eigenvalue weighted by atomic mass is 9.94. The Labute approximate surface area is 127 Å². The maximum absolute atomic E-state index is 10.8. The van der Waals surface area contributed by atoms with Crippen LogP contribution in [-0.2, 0) is 6.42 Å². The zero-order chi connectivity index (χ0) is 14.7.